The average molecular weight is 202 g/mol. The highest BCUT2D eigenvalue weighted by atomic mass is 15.1. The van der Waals surface area contributed by atoms with Crippen LogP contribution in [0, 0.1) is 5.41 Å². The van der Waals surface area contributed by atoms with Crippen molar-refractivity contribution in [1.82, 2.24) is 9.55 Å². The number of benzene rings is 1. The van der Waals surface area contributed by atoms with Gasteiger partial charge in [0.2, 0.25) is 0 Å². The molecule has 0 atom stereocenters. The smallest absolute Gasteiger partial charge is 0.111 e. The van der Waals surface area contributed by atoms with Gasteiger partial charge in [-0.3, -0.25) is 5.41 Å². The van der Waals surface area contributed by atoms with Crippen LogP contribution in [0.25, 0.3) is 11.0 Å². The molecule has 0 aliphatic rings. The van der Waals surface area contributed by atoms with Gasteiger partial charge < -0.3 is 10.3 Å². The maximum absolute atomic E-state index is 7.35. The molecule has 1 aromatic heterocycles. The van der Waals surface area contributed by atoms with E-state index in [-0.39, 0.29) is 5.84 Å². The average Bonchev–Trinajstić information content (AvgIpc) is 2.56. The Hall–Kier alpha value is -1.84. The van der Waals surface area contributed by atoms with Gasteiger partial charge in [-0.15, -0.1) is 0 Å². The highest BCUT2D eigenvalue weighted by Gasteiger charge is 2.08. The first kappa shape index (κ1) is 9.71. The number of fused-ring (bicyclic) bond motifs is 1. The molecule has 0 aliphatic heterocycles. The number of nitrogens with two attached hydrogens (primary N) is 1. The fourth-order valence-corrected chi connectivity index (χ4v) is 1.74. The van der Waals surface area contributed by atoms with Gasteiger partial charge in [0.05, 0.1) is 17.6 Å². The number of para-hydroxylation sites is 2. The maximum Gasteiger partial charge on any atom is 0.111 e. The lowest BCUT2D eigenvalue weighted by Gasteiger charge is -2.05. The predicted molar refractivity (Wildman–Crippen MR) is 61.0 cm³/mol. The van der Waals surface area contributed by atoms with Gasteiger partial charge in [-0.05, 0) is 12.1 Å². The lowest BCUT2D eigenvalue weighted by atomic mass is 10.3. The summed E-state index contributed by atoms with van der Waals surface area (Å²) < 4.78 is 2.00. The van der Waals surface area contributed by atoms with Gasteiger partial charge in [0, 0.05) is 6.42 Å². The van der Waals surface area contributed by atoms with Crippen molar-refractivity contribution < 1.29 is 0 Å². The van der Waals surface area contributed by atoms with Crippen molar-refractivity contribution in [2.24, 2.45) is 5.73 Å². The van der Waals surface area contributed by atoms with Gasteiger partial charge >= 0.3 is 0 Å². The molecule has 0 fully saturated rings. The van der Waals surface area contributed by atoms with Crippen molar-refractivity contribution >= 4 is 16.9 Å². The third-order valence-corrected chi connectivity index (χ3v) is 2.38. The Morgan fingerprint density at radius 2 is 2.20 bits per heavy atom. The molecule has 2 rings (SSSR count). The second-order valence-corrected chi connectivity index (χ2v) is 3.48. The molecule has 78 valence electrons. The topological polar surface area (TPSA) is 67.7 Å². The first-order chi connectivity index (χ1) is 7.22. The second-order valence-electron chi connectivity index (χ2n) is 3.48. The number of aromatic nitrogens is 2. The zero-order valence-corrected chi connectivity index (χ0v) is 8.70. The quantitative estimate of drug-likeness (QED) is 0.585. The van der Waals surface area contributed by atoms with Crippen molar-refractivity contribution in [3.8, 4) is 0 Å². The third-order valence-electron chi connectivity index (χ3n) is 2.38. The standard InChI is InChI=1S/C11H14N4/c1-2-11-14-8-5-3-4-6-9(8)15(11)7-10(12)13/h3-6H,2,7H2,1H3,(H3,12,13). The summed E-state index contributed by atoms with van der Waals surface area (Å²) in [6, 6.07) is 7.92. The Bertz CT molecular complexity index is 498. The monoisotopic (exact) mass is 202 g/mol. The Morgan fingerprint density at radius 1 is 1.47 bits per heavy atom. The van der Waals surface area contributed by atoms with E-state index in [9.17, 15) is 0 Å². The molecular formula is C11H14N4. The van der Waals surface area contributed by atoms with Crippen LogP contribution >= 0.6 is 0 Å². The lowest BCUT2D eigenvalue weighted by molar-refractivity contribution is 0.783. The first-order valence-corrected chi connectivity index (χ1v) is 4.99. The number of nitrogens with one attached hydrogen (secondary N) is 1. The molecule has 0 bridgehead atoms. The Morgan fingerprint density at radius 3 is 2.87 bits per heavy atom. The van der Waals surface area contributed by atoms with Gasteiger partial charge in [0.15, 0.2) is 0 Å². The summed E-state index contributed by atoms with van der Waals surface area (Å²) in [7, 11) is 0. The summed E-state index contributed by atoms with van der Waals surface area (Å²) in [5.74, 6) is 1.14. The summed E-state index contributed by atoms with van der Waals surface area (Å²) in [5.41, 5.74) is 7.45. The molecule has 3 N–H and O–H groups in total. The van der Waals surface area contributed by atoms with E-state index in [2.05, 4.69) is 11.9 Å². The van der Waals surface area contributed by atoms with E-state index < -0.39 is 0 Å². The van der Waals surface area contributed by atoms with Crippen molar-refractivity contribution in [3.05, 3.63) is 30.1 Å². The minimum atomic E-state index is 0.160. The molecule has 0 spiro atoms. The number of aryl methyl sites for hydroxylation is 1. The molecule has 1 aromatic carbocycles. The zero-order valence-electron chi connectivity index (χ0n) is 8.70. The fraction of sp³-hybridized carbons (Fsp3) is 0.273. The van der Waals surface area contributed by atoms with E-state index in [0.717, 1.165) is 23.3 Å². The van der Waals surface area contributed by atoms with Crippen molar-refractivity contribution in [2.45, 2.75) is 19.9 Å². The lowest BCUT2D eigenvalue weighted by Crippen LogP contribution is -2.19. The molecule has 0 unspecified atom stereocenters. The van der Waals surface area contributed by atoms with Crippen LogP contribution in [0.5, 0.6) is 0 Å². The molecule has 0 saturated heterocycles. The molecule has 4 nitrogen and oxygen atoms in total. The molecule has 0 radical (unpaired) electrons. The first-order valence-electron chi connectivity index (χ1n) is 4.99. The molecular weight excluding hydrogens is 188 g/mol. The third kappa shape index (κ3) is 1.70. The molecule has 2 aromatic rings. The van der Waals surface area contributed by atoms with E-state index in [1.54, 1.807) is 0 Å². The predicted octanol–water partition coefficient (Wildman–Crippen LogP) is 1.53. The summed E-state index contributed by atoms with van der Waals surface area (Å²) in [4.78, 5) is 4.49. The number of amidine groups is 1. The number of rotatable bonds is 3. The van der Waals surface area contributed by atoms with Gasteiger partial charge in [0.25, 0.3) is 0 Å². The Balaban J connectivity index is 2.61. The molecule has 1 heterocycles. The Kier molecular flexibility index (Phi) is 2.41. The van der Waals surface area contributed by atoms with Crippen molar-refractivity contribution in [2.75, 3.05) is 0 Å². The van der Waals surface area contributed by atoms with E-state index in [0.29, 0.717) is 6.54 Å². The van der Waals surface area contributed by atoms with Crippen LogP contribution in [-0.2, 0) is 13.0 Å². The summed E-state index contributed by atoms with van der Waals surface area (Å²) in [6.45, 7) is 2.47. The summed E-state index contributed by atoms with van der Waals surface area (Å²) >= 11 is 0. The molecule has 0 aliphatic carbocycles. The van der Waals surface area contributed by atoms with E-state index in [1.807, 2.05) is 28.8 Å². The number of hydrogen-bond donors (Lipinski definition) is 2. The van der Waals surface area contributed by atoms with Gasteiger partial charge in [-0.1, -0.05) is 19.1 Å². The number of nitrogens with zero attached hydrogens (tertiary/aromatic N) is 2. The zero-order chi connectivity index (χ0) is 10.8. The SMILES string of the molecule is CCc1nc2ccccc2n1CC(=N)N. The largest absolute Gasteiger partial charge is 0.386 e. The minimum Gasteiger partial charge on any atom is -0.386 e. The molecule has 0 saturated carbocycles. The van der Waals surface area contributed by atoms with Crippen LogP contribution in [0.4, 0.5) is 0 Å². The van der Waals surface area contributed by atoms with Crippen LogP contribution in [0.2, 0.25) is 0 Å². The van der Waals surface area contributed by atoms with Gasteiger partial charge in [0.1, 0.15) is 11.7 Å². The van der Waals surface area contributed by atoms with Crippen LogP contribution in [-0.4, -0.2) is 15.4 Å². The Labute approximate surface area is 88.2 Å². The highest BCUT2D eigenvalue weighted by molar-refractivity contribution is 5.81. The van der Waals surface area contributed by atoms with E-state index in [1.165, 1.54) is 0 Å². The molecule has 0 amide bonds. The van der Waals surface area contributed by atoms with Crippen LogP contribution in [0.1, 0.15) is 12.7 Å². The maximum atomic E-state index is 7.35. The van der Waals surface area contributed by atoms with E-state index in [4.69, 9.17) is 11.1 Å². The minimum absolute atomic E-state index is 0.160. The van der Waals surface area contributed by atoms with Crippen molar-refractivity contribution in [1.29, 1.82) is 5.41 Å². The van der Waals surface area contributed by atoms with Gasteiger partial charge in [-0.25, -0.2) is 4.98 Å². The fourth-order valence-electron chi connectivity index (χ4n) is 1.74. The van der Waals surface area contributed by atoms with E-state index >= 15 is 0 Å². The van der Waals surface area contributed by atoms with Crippen molar-refractivity contribution in [3.63, 3.8) is 0 Å². The number of hydrogen-bond acceptors (Lipinski definition) is 2. The highest BCUT2D eigenvalue weighted by Crippen LogP contribution is 2.15. The summed E-state index contributed by atoms with van der Waals surface area (Å²) in [5, 5.41) is 7.35. The van der Waals surface area contributed by atoms with Gasteiger partial charge in [-0.2, -0.15) is 0 Å². The normalized spacial score (nSPS) is 10.7. The van der Waals surface area contributed by atoms with Crippen LogP contribution in [0.3, 0.4) is 0 Å². The summed E-state index contributed by atoms with van der Waals surface area (Å²) in [6.07, 6.45) is 0.849. The van der Waals surface area contributed by atoms with Crippen LogP contribution < -0.4 is 5.73 Å². The number of imidazole rings is 1. The molecule has 4 heteroatoms. The second kappa shape index (κ2) is 3.73. The van der Waals surface area contributed by atoms with Crippen LogP contribution in [0.15, 0.2) is 24.3 Å². The molecule has 15 heavy (non-hydrogen) atoms.